The molecule has 0 N–H and O–H groups in total. The second kappa shape index (κ2) is 4.88. The van der Waals surface area contributed by atoms with Crippen molar-refractivity contribution in [1.29, 1.82) is 0 Å². The molecule has 1 amide bonds. The van der Waals surface area contributed by atoms with Gasteiger partial charge in [-0.15, -0.1) is 0 Å². The molecule has 86 valence electrons. The van der Waals surface area contributed by atoms with Crippen molar-refractivity contribution in [3.8, 4) is 5.75 Å². The van der Waals surface area contributed by atoms with E-state index in [0.29, 0.717) is 0 Å². The lowest BCUT2D eigenvalue weighted by atomic mass is 10.2. The van der Waals surface area contributed by atoms with Gasteiger partial charge in [0.2, 0.25) is 6.41 Å². The Morgan fingerprint density at radius 1 is 1.12 bits per heavy atom. The molecule has 0 aromatic heterocycles. The van der Waals surface area contributed by atoms with Crippen LogP contribution in [0.5, 0.6) is 5.75 Å². The molecule has 0 saturated carbocycles. The van der Waals surface area contributed by atoms with E-state index < -0.39 is 0 Å². The first-order chi connectivity index (χ1) is 7.83. The fourth-order valence-corrected chi connectivity index (χ4v) is 1.88. The van der Waals surface area contributed by atoms with Crippen LogP contribution in [-0.2, 0) is 4.79 Å². The number of carbonyl (C=O) groups is 1. The van der Waals surface area contributed by atoms with E-state index in [1.54, 1.807) is 12.0 Å². The quantitative estimate of drug-likeness (QED) is 0.712. The van der Waals surface area contributed by atoms with Gasteiger partial charge in [0.25, 0.3) is 0 Å². The molecule has 0 radical (unpaired) electrons. The van der Waals surface area contributed by atoms with E-state index in [1.165, 1.54) is 5.69 Å². The van der Waals surface area contributed by atoms with Crippen LogP contribution in [0.2, 0.25) is 0 Å². The number of rotatable bonds is 3. The Morgan fingerprint density at radius 2 is 1.75 bits per heavy atom. The second-order valence-electron chi connectivity index (χ2n) is 3.83. The number of ether oxygens (including phenoxy) is 1. The van der Waals surface area contributed by atoms with Gasteiger partial charge in [-0.2, -0.15) is 0 Å². The molecule has 1 aromatic carbocycles. The van der Waals surface area contributed by atoms with E-state index in [-0.39, 0.29) is 0 Å². The van der Waals surface area contributed by atoms with Crippen molar-refractivity contribution in [2.75, 3.05) is 38.2 Å². The lowest BCUT2D eigenvalue weighted by Crippen LogP contribution is -2.45. The first-order valence-electron chi connectivity index (χ1n) is 5.42. The van der Waals surface area contributed by atoms with E-state index in [9.17, 15) is 4.79 Å². The molecular formula is C12H16N2O2. The summed E-state index contributed by atoms with van der Waals surface area (Å²) >= 11 is 0. The number of methoxy groups -OCH3 is 1. The van der Waals surface area contributed by atoms with Gasteiger partial charge in [-0.3, -0.25) is 4.79 Å². The van der Waals surface area contributed by atoms with E-state index in [4.69, 9.17) is 4.74 Å². The fourth-order valence-electron chi connectivity index (χ4n) is 1.88. The molecule has 1 aromatic rings. The van der Waals surface area contributed by atoms with Gasteiger partial charge in [0, 0.05) is 31.9 Å². The van der Waals surface area contributed by atoms with Crippen molar-refractivity contribution >= 4 is 12.1 Å². The Kier molecular flexibility index (Phi) is 3.29. The third kappa shape index (κ3) is 2.27. The molecular weight excluding hydrogens is 204 g/mol. The maximum Gasteiger partial charge on any atom is 0.209 e. The Labute approximate surface area is 95.4 Å². The smallest absolute Gasteiger partial charge is 0.209 e. The van der Waals surface area contributed by atoms with Crippen LogP contribution in [-0.4, -0.2) is 44.6 Å². The summed E-state index contributed by atoms with van der Waals surface area (Å²) in [6, 6.07) is 8.02. The van der Waals surface area contributed by atoms with Gasteiger partial charge in [-0.25, -0.2) is 0 Å². The van der Waals surface area contributed by atoms with Gasteiger partial charge in [0.1, 0.15) is 5.75 Å². The Morgan fingerprint density at radius 3 is 2.25 bits per heavy atom. The summed E-state index contributed by atoms with van der Waals surface area (Å²) in [6.45, 7) is 3.39. The van der Waals surface area contributed by atoms with Crippen molar-refractivity contribution in [3.05, 3.63) is 24.3 Å². The molecule has 1 aliphatic rings. The van der Waals surface area contributed by atoms with Crippen LogP contribution in [0.3, 0.4) is 0 Å². The van der Waals surface area contributed by atoms with Crippen LogP contribution >= 0.6 is 0 Å². The summed E-state index contributed by atoms with van der Waals surface area (Å²) in [5.74, 6) is 0.871. The topological polar surface area (TPSA) is 32.8 Å². The first-order valence-corrected chi connectivity index (χ1v) is 5.42. The van der Waals surface area contributed by atoms with Gasteiger partial charge >= 0.3 is 0 Å². The summed E-state index contributed by atoms with van der Waals surface area (Å²) in [4.78, 5) is 14.7. The lowest BCUT2D eigenvalue weighted by Gasteiger charge is -2.34. The van der Waals surface area contributed by atoms with Crippen LogP contribution in [0, 0.1) is 0 Å². The lowest BCUT2D eigenvalue weighted by molar-refractivity contribution is -0.118. The molecule has 16 heavy (non-hydrogen) atoms. The number of benzene rings is 1. The third-order valence-electron chi connectivity index (χ3n) is 2.90. The van der Waals surface area contributed by atoms with E-state index >= 15 is 0 Å². The highest BCUT2D eigenvalue weighted by molar-refractivity contribution is 5.52. The minimum Gasteiger partial charge on any atom is -0.497 e. The van der Waals surface area contributed by atoms with E-state index in [2.05, 4.69) is 17.0 Å². The van der Waals surface area contributed by atoms with Crippen LogP contribution in [0.1, 0.15) is 0 Å². The molecule has 0 aliphatic carbocycles. The first kappa shape index (κ1) is 10.8. The zero-order valence-electron chi connectivity index (χ0n) is 9.43. The highest BCUT2D eigenvalue weighted by Gasteiger charge is 2.15. The highest BCUT2D eigenvalue weighted by Crippen LogP contribution is 2.20. The Balaban J connectivity index is 1.99. The molecule has 0 atom stereocenters. The van der Waals surface area contributed by atoms with Crippen molar-refractivity contribution in [2.24, 2.45) is 0 Å². The van der Waals surface area contributed by atoms with Crippen molar-refractivity contribution < 1.29 is 9.53 Å². The molecule has 4 nitrogen and oxygen atoms in total. The predicted molar refractivity (Wildman–Crippen MR) is 62.8 cm³/mol. The highest BCUT2D eigenvalue weighted by atomic mass is 16.5. The third-order valence-corrected chi connectivity index (χ3v) is 2.90. The summed E-state index contributed by atoms with van der Waals surface area (Å²) in [5, 5.41) is 0. The molecule has 1 saturated heterocycles. The van der Waals surface area contributed by atoms with Crippen LogP contribution in [0.4, 0.5) is 5.69 Å². The summed E-state index contributed by atoms with van der Waals surface area (Å²) in [5.41, 5.74) is 1.19. The van der Waals surface area contributed by atoms with Crippen molar-refractivity contribution in [2.45, 2.75) is 0 Å². The standard InChI is InChI=1S/C12H16N2O2/c1-16-12-4-2-11(3-5-12)14-8-6-13(10-15)7-9-14/h2-5,10H,6-9H2,1H3. The van der Waals surface area contributed by atoms with Crippen LogP contribution in [0.15, 0.2) is 24.3 Å². The number of piperazine rings is 1. The number of anilines is 1. The average molecular weight is 220 g/mol. The van der Waals surface area contributed by atoms with Crippen molar-refractivity contribution in [3.63, 3.8) is 0 Å². The summed E-state index contributed by atoms with van der Waals surface area (Å²) < 4.78 is 5.12. The largest absolute Gasteiger partial charge is 0.497 e. The number of hydrogen-bond donors (Lipinski definition) is 0. The molecule has 0 unspecified atom stereocenters. The molecule has 2 rings (SSSR count). The van der Waals surface area contributed by atoms with Crippen LogP contribution < -0.4 is 9.64 Å². The van der Waals surface area contributed by atoms with Gasteiger partial charge in [-0.1, -0.05) is 0 Å². The van der Waals surface area contributed by atoms with E-state index in [0.717, 1.165) is 38.3 Å². The zero-order chi connectivity index (χ0) is 11.4. The van der Waals surface area contributed by atoms with Gasteiger partial charge < -0.3 is 14.5 Å². The minimum atomic E-state index is 0.801. The number of nitrogens with zero attached hydrogens (tertiary/aromatic N) is 2. The Bertz CT molecular complexity index is 343. The molecule has 1 heterocycles. The van der Waals surface area contributed by atoms with Gasteiger partial charge in [0.15, 0.2) is 0 Å². The monoisotopic (exact) mass is 220 g/mol. The molecule has 1 aliphatic heterocycles. The second-order valence-corrected chi connectivity index (χ2v) is 3.83. The van der Waals surface area contributed by atoms with Gasteiger partial charge in [0.05, 0.1) is 7.11 Å². The SMILES string of the molecule is COc1ccc(N2CCN(C=O)CC2)cc1. The number of carbonyl (C=O) groups excluding carboxylic acids is 1. The molecule has 0 spiro atoms. The predicted octanol–water partition coefficient (Wildman–Crippen LogP) is 0.974. The average Bonchev–Trinajstić information content (AvgIpc) is 2.39. The Hall–Kier alpha value is -1.71. The van der Waals surface area contributed by atoms with Gasteiger partial charge in [-0.05, 0) is 24.3 Å². The summed E-state index contributed by atoms with van der Waals surface area (Å²) in [6.07, 6.45) is 0.922. The molecule has 4 heteroatoms. The normalized spacial score (nSPS) is 16.1. The maximum atomic E-state index is 10.6. The number of amides is 1. The maximum absolute atomic E-state index is 10.6. The molecule has 1 fully saturated rings. The van der Waals surface area contributed by atoms with Crippen LogP contribution in [0.25, 0.3) is 0 Å². The van der Waals surface area contributed by atoms with E-state index in [1.807, 2.05) is 12.1 Å². The number of hydrogen-bond acceptors (Lipinski definition) is 3. The molecule has 0 bridgehead atoms. The minimum absolute atomic E-state index is 0.801. The summed E-state index contributed by atoms with van der Waals surface area (Å²) in [7, 11) is 1.66. The zero-order valence-corrected chi connectivity index (χ0v) is 9.43. The van der Waals surface area contributed by atoms with Crippen molar-refractivity contribution in [1.82, 2.24) is 4.90 Å². The fraction of sp³-hybridized carbons (Fsp3) is 0.417.